The summed E-state index contributed by atoms with van der Waals surface area (Å²) in [6, 6.07) is 12.2. The molecule has 0 aromatic heterocycles. The molecule has 1 aliphatic rings. The largest absolute Gasteiger partial charge is 0.374 e. The van der Waals surface area contributed by atoms with Crippen molar-refractivity contribution in [2.45, 2.75) is 12.6 Å². The Hall–Kier alpha value is -2.35. The van der Waals surface area contributed by atoms with Gasteiger partial charge >= 0.3 is 0 Å². The van der Waals surface area contributed by atoms with Gasteiger partial charge in [0.1, 0.15) is 11.6 Å². The van der Waals surface area contributed by atoms with Crippen LogP contribution in [-0.4, -0.2) is 80.1 Å². The van der Waals surface area contributed by atoms with Crippen LogP contribution < -0.4 is 0 Å². The summed E-state index contributed by atoms with van der Waals surface area (Å²) < 4.78 is 32.3. The van der Waals surface area contributed by atoms with Gasteiger partial charge in [0.05, 0.1) is 12.7 Å². The summed E-state index contributed by atoms with van der Waals surface area (Å²) >= 11 is 0. The summed E-state index contributed by atoms with van der Waals surface area (Å²) in [5.41, 5.74) is 1.51. The van der Waals surface area contributed by atoms with Crippen molar-refractivity contribution in [3.05, 3.63) is 71.3 Å². The van der Waals surface area contributed by atoms with Crippen LogP contribution in [0.3, 0.4) is 0 Å². The lowest BCUT2D eigenvalue weighted by Gasteiger charge is -2.36. The van der Waals surface area contributed by atoms with E-state index in [1.165, 1.54) is 36.4 Å². The van der Waals surface area contributed by atoms with Crippen LogP contribution in [0.1, 0.15) is 15.9 Å². The highest BCUT2D eigenvalue weighted by Crippen LogP contribution is 2.14. The average Bonchev–Trinajstić information content (AvgIpc) is 2.73. The Bertz CT molecular complexity index is 812. The Morgan fingerprint density at radius 1 is 1.03 bits per heavy atom. The highest BCUT2D eigenvalue weighted by Gasteiger charge is 2.25. The van der Waals surface area contributed by atoms with E-state index in [-0.39, 0.29) is 23.6 Å². The Balaban J connectivity index is 1.64. The first kappa shape index (κ1) is 22.3. The molecule has 30 heavy (non-hydrogen) atoms. The number of amides is 1. The van der Waals surface area contributed by atoms with E-state index >= 15 is 0 Å². The molecule has 1 amide bonds. The van der Waals surface area contributed by atoms with Crippen molar-refractivity contribution in [2.24, 2.45) is 0 Å². The van der Waals surface area contributed by atoms with Gasteiger partial charge in [-0.25, -0.2) is 8.78 Å². The van der Waals surface area contributed by atoms with Gasteiger partial charge in [-0.15, -0.1) is 0 Å². The molecule has 3 rings (SSSR count). The first-order valence-corrected chi connectivity index (χ1v) is 10.2. The molecule has 0 radical (unpaired) electrons. The molecular formula is C23H29F2N3O2. The third-order valence-electron chi connectivity index (χ3n) is 5.16. The first-order chi connectivity index (χ1) is 14.4. The lowest BCUT2D eigenvalue weighted by molar-refractivity contribution is -0.0433. The third kappa shape index (κ3) is 6.58. The molecule has 0 spiro atoms. The minimum atomic E-state index is -0.363. The number of morpholine rings is 1. The van der Waals surface area contributed by atoms with Crippen LogP contribution in [0.2, 0.25) is 0 Å². The van der Waals surface area contributed by atoms with Crippen LogP contribution in [0.25, 0.3) is 0 Å². The standard InChI is InChI=1S/C23H29F2N3O2/c1-26(2)11-12-28(23(29)19-5-9-21(25)10-6-19)17-22-16-27(13-14-30-22)15-18-3-7-20(24)8-4-18/h3-10,22H,11-17H2,1-2H3. The number of carbonyl (C=O) groups excluding carboxylic acids is 1. The molecule has 2 aromatic carbocycles. The minimum Gasteiger partial charge on any atom is -0.374 e. The third-order valence-corrected chi connectivity index (χ3v) is 5.16. The molecule has 7 heteroatoms. The van der Waals surface area contributed by atoms with Gasteiger partial charge in [0.25, 0.3) is 5.91 Å². The normalized spacial score (nSPS) is 17.3. The van der Waals surface area contributed by atoms with Crippen LogP contribution in [0.5, 0.6) is 0 Å². The monoisotopic (exact) mass is 417 g/mol. The maximum absolute atomic E-state index is 13.2. The Morgan fingerprint density at radius 3 is 2.30 bits per heavy atom. The van der Waals surface area contributed by atoms with Gasteiger partial charge in [-0.3, -0.25) is 9.69 Å². The molecule has 1 saturated heterocycles. The first-order valence-electron chi connectivity index (χ1n) is 10.2. The minimum absolute atomic E-state index is 0.120. The van der Waals surface area contributed by atoms with Crippen molar-refractivity contribution in [2.75, 3.05) is 53.4 Å². The maximum atomic E-state index is 13.2. The Kier molecular flexibility index (Phi) is 7.90. The summed E-state index contributed by atoms with van der Waals surface area (Å²) in [5, 5.41) is 0. The fourth-order valence-electron chi connectivity index (χ4n) is 3.50. The van der Waals surface area contributed by atoms with Crippen molar-refractivity contribution < 1.29 is 18.3 Å². The van der Waals surface area contributed by atoms with Crippen molar-refractivity contribution >= 4 is 5.91 Å². The van der Waals surface area contributed by atoms with Crippen molar-refractivity contribution in [1.29, 1.82) is 0 Å². The molecule has 1 fully saturated rings. The molecule has 0 aliphatic carbocycles. The van der Waals surface area contributed by atoms with Gasteiger partial charge in [-0.05, 0) is 56.1 Å². The zero-order valence-corrected chi connectivity index (χ0v) is 17.6. The Morgan fingerprint density at radius 2 is 1.67 bits per heavy atom. The number of hydrogen-bond donors (Lipinski definition) is 0. The maximum Gasteiger partial charge on any atom is 0.253 e. The van der Waals surface area contributed by atoms with E-state index in [1.807, 2.05) is 19.0 Å². The predicted molar refractivity (Wildman–Crippen MR) is 112 cm³/mol. The van der Waals surface area contributed by atoms with Crippen LogP contribution in [0, 0.1) is 11.6 Å². The zero-order valence-electron chi connectivity index (χ0n) is 17.6. The molecule has 162 valence electrons. The van der Waals surface area contributed by atoms with Gasteiger partial charge < -0.3 is 14.5 Å². The molecule has 2 aromatic rings. The van der Waals surface area contributed by atoms with Gasteiger partial charge in [0.15, 0.2) is 0 Å². The molecule has 1 unspecified atom stereocenters. The summed E-state index contributed by atoms with van der Waals surface area (Å²) in [4.78, 5) is 19.1. The quantitative estimate of drug-likeness (QED) is 0.662. The van der Waals surface area contributed by atoms with E-state index in [1.54, 1.807) is 17.0 Å². The van der Waals surface area contributed by atoms with E-state index in [2.05, 4.69) is 4.90 Å². The predicted octanol–water partition coefficient (Wildman–Crippen LogP) is 2.87. The van der Waals surface area contributed by atoms with E-state index in [0.29, 0.717) is 38.3 Å². The van der Waals surface area contributed by atoms with E-state index in [4.69, 9.17) is 4.74 Å². The molecule has 0 bridgehead atoms. The number of nitrogens with zero attached hydrogens (tertiary/aromatic N) is 3. The van der Waals surface area contributed by atoms with Crippen LogP contribution in [0.15, 0.2) is 48.5 Å². The molecule has 1 heterocycles. The number of hydrogen-bond acceptors (Lipinski definition) is 4. The highest BCUT2D eigenvalue weighted by atomic mass is 19.1. The van der Waals surface area contributed by atoms with E-state index < -0.39 is 0 Å². The fourth-order valence-corrected chi connectivity index (χ4v) is 3.50. The van der Waals surface area contributed by atoms with E-state index in [0.717, 1.165) is 18.7 Å². The second kappa shape index (κ2) is 10.6. The summed E-state index contributed by atoms with van der Waals surface area (Å²) in [6.07, 6.45) is -0.120. The summed E-state index contributed by atoms with van der Waals surface area (Å²) in [7, 11) is 3.92. The van der Waals surface area contributed by atoms with Crippen LogP contribution in [-0.2, 0) is 11.3 Å². The number of ether oxygens (including phenoxy) is 1. The van der Waals surface area contributed by atoms with Gasteiger partial charge in [-0.1, -0.05) is 12.1 Å². The smallest absolute Gasteiger partial charge is 0.253 e. The van der Waals surface area contributed by atoms with Crippen LogP contribution >= 0.6 is 0 Å². The van der Waals surface area contributed by atoms with Crippen molar-refractivity contribution in [3.63, 3.8) is 0 Å². The zero-order chi connectivity index (χ0) is 21.5. The second-order valence-electron chi connectivity index (χ2n) is 7.92. The molecule has 0 saturated carbocycles. The number of halogens is 2. The van der Waals surface area contributed by atoms with Gasteiger partial charge in [0, 0.05) is 44.8 Å². The highest BCUT2D eigenvalue weighted by molar-refractivity contribution is 5.94. The molecule has 5 nitrogen and oxygen atoms in total. The number of rotatable bonds is 8. The molecule has 1 atom stereocenters. The number of benzene rings is 2. The SMILES string of the molecule is CN(C)CCN(CC1CN(Cc2ccc(F)cc2)CCO1)C(=O)c1ccc(F)cc1. The lowest BCUT2D eigenvalue weighted by Crippen LogP contribution is -2.49. The van der Waals surface area contributed by atoms with Gasteiger partial charge in [0.2, 0.25) is 0 Å². The van der Waals surface area contributed by atoms with Gasteiger partial charge in [-0.2, -0.15) is 0 Å². The fraction of sp³-hybridized carbons (Fsp3) is 0.435. The number of likely N-dealkylation sites (N-methyl/N-ethyl adjacent to an activating group) is 1. The van der Waals surface area contributed by atoms with Crippen molar-refractivity contribution in [1.82, 2.24) is 14.7 Å². The molecule has 1 aliphatic heterocycles. The summed E-state index contributed by atoms with van der Waals surface area (Å²) in [5.74, 6) is -0.732. The van der Waals surface area contributed by atoms with Crippen molar-refractivity contribution in [3.8, 4) is 0 Å². The Labute approximate surface area is 176 Å². The van der Waals surface area contributed by atoms with Crippen LogP contribution in [0.4, 0.5) is 8.78 Å². The number of carbonyl (C=O) groups is 1. The molecular weight excluding hydrogens is 388 g/mol. The topological polar surface area (TPSA) is 36.0 Å². The van der Waals surface area contributed by atoms with E-state index in [9.17, 15) is 13.6 Å². The molecule has 0 N–H and O–H groups in total. The second-order valence-corrected chi connectivity index (χ2v) is 7.92. The average molecular weight is 418 g/mol. The summed E-state index contributed by atoms with van der Waals surface area (Å²) in [6.45, 7) is 4.51. The lowest BCUT2D eigenvalue weighted by atomic mass is 10.1.